The second-order valence-corrected chi connectivity index (χ2v) is 7.86. The predicted molar refractivity (Wildman–Crippen MR) is 118 cm³/mol. The van der Waals surface area contributed by atoms with E-state index in [0.717, 1.165) is 12.0 Å². The number of rotatable bonds is 9. The van der Waals surface area contributed by atoms with E-state index in [0.29, 0.717) is 17.1 Å². The quantitative estimate of drug-likeness (QED) is 0.652. The summed E-state index contributed by atoms with van der Waals surface area (Å²) in [5.41, 5.74) is 1.49. The van der Waals surface area contributed by atoms with Gasteiger partial charge in [-0.25, -0.2) is 0 Å². The van der Waals surface area contributed by atoms with Crippen molar-refractivity contribution in [3.05, 3.63) is 70.7 Å². The molecule has 6 heteroatoms. The van der Waals surface area contributed by atoms with Gasteiger partial charge in [-0.1, -0.05) is 68.3 Å². The van der Waals surface area contributed by atoms with E-state index in [1.807, 2.05) is 63.2 Å². The number of hydrogen-bond donors (Lipinski definition) is 2. The summed E-state index contributed by atoms with van der Waals surface area (Å²) in [5.74, 6) is -0.440. The van der Waals surface area contributed by atoms with Gasteiger partial charge in [0.2, 0.25) is 5.91 Å². The summed E-state index contributed by atoms with van der Waals surface area (Å²) in [7, 11) is 3.90. The van der Waals surface area contributed by atoms with Gasteiger partial charge in [-0.2, -0.15) is 0 Å². The minimum absolute atomic E-state index is 0.000724. The third-order valence-corrected chi connectivity index (χ3v) is 5.52. The number of nitrogens with one attached hydrogen (secondary N) is 2. The van der Waals surface area contributed by atoms with Gasteiger partial charge in [-0.3, -0.25) is 9.59 Å². The monoisotopic (exact) mass is 415 g/mol. The Morgan fingerprint density at radius 2 is 1.66 bits per heavy atom. The van der Waals surface area contributed by atoms with Crippen LogP contribution in [0.2, 0.25) is 5.02 Å². The smallest absolute Gasteiger partial charge is 0.251 e. The van der Waals surface area contributed by atoms with Crippen LogP contribution in [0.3, 0.4) is 0 Å². The summed E-state index contributed by atoms with van der Waals surface area (Å²) < 4.78 is 0. The lowest BCUT2D eigenvalue weighted by Gasteiger charge is -2.28. The molecule has 2 rings (SSSR count). The maximum atomic E-state index is 13.0. The number of carbonyl (C=O) groups is 2. The van der Waals surface area contributed by atoms with Crippen molar-refractivity contribution in [2.24, 2.45) is 5.92 Å². The Balaban J connectivity index is 2.10. The lowest BCUT2D eigenvalue weighted by molar-refractivity contribution is -0.124. The zero-order valence-corrected chi connectivity index (χ0v) is 18.2. The molecule has 2 aromatic rings. The fourth-order valence-corrected chi connectivity index (χ4v) is 3.40. The van der Waals surface area contributed by atoms with E-state index in [9.17, 15) is 9.59 Å². The minimum atomic E-state index is -0.609. The zero-order chi connectivity index (χ0) is 21.4. The summed E-state index contributed by atoms with van der Waals surface area (Å²) in [5, 5.41) is 6.57. The number of amides is 2. The summed E-state index contributed by atoms with van der Waals surface area (Å²) in [4.78, 5) is 27.6. The second-order valence-electron chi connectivity index (χ2n) is 7.45. The fraction of sp³-hybridized carbons (Fsp3) is 0.391. The molecule has 156 valence electrons. The molecule has 3 atom stereocenters. The molecule has 0 saturated heterocycles. The van der Waals surface area contributed by atoms with Gasteiger partial charge in [-0.15, -0.1) is 0 Å². The molecule has 0 spiro atoms. The highest BCUT2D eigenvalue weighted by Crippen LogP contribution is 2.25. The maximum Gasteiger partial charge on any atom is 0.251 e. The number of likely N-dealkylation sites (N-methyl/N-ethyl adjacent to an activating group) is 1. The average molecular weight is 416 g/mol. The largest absolute Gasteiger partial charge is 0.352 e. The van der Waals surface area contributed by atoms with E-state index >= 15 is 0 Å². The molecule has 0 aromatic heterocycles. The third-order valence-electron chi connectivity index (χ3n) is 5.18. The summed E-state index contributed by atoms with van der Waals surface area (Å²) >= 11 is 6.35. The Hall–Kier alpha value is -2.37. The van der Waals surface area contributed by atoms with Gasteiger partial charge in [0.1, 0.15) is 6.04 Å². The molecule has 2 aromatic carbocycles. The third kappa shape index (κ3) is 6.31. The van der Waals surface area contributed by atoms with Crippen LogP contribution in [-0.4, -0.2) is 43.4 Å². The van der Waals surface area contributed by atoms with Crippen LogP contribution in [0.1, 0.15) is 42.2 Å². The van der Waals surface area contributed by atoms with Crippen molar-refractivity contribution < 1.29 is 9.59 Å². The lowest BCUT2D eigenvalue weighted by atomic mass is 9.97. The van der Waals surface area contributed by atoms with E-state index in [1.165, 1.54) is 0 Å². The molecular formula is C23H30ClN3O2. The molecule has 0 radical (unpaired) electrons. The first-order chi connectivity index (χ1) is 13.8. The average Bonchev–Trinajstić information content (AvgIpc) is 2.72. The Morgan fingerprint density at radius 1 is 1.03 bits per heavy atom. The van der Waals surface area contributed by atoms with Crippen molar-refractivity contribution in [1.82, 2.24) is 15.5 Å². The minimum Gasteiger partial charge on any atom is -0.352 e. The highest BCUT2D eigenvalue weighted by Gasteiger charge is 2.27. The van der Waals surface area contributed by atoms with Crippen LogP contribution in [0.5, 0.6) is 0 Å². The molecule has 0 fully saturated rings. The van der Waals surface area contributed by atoms with E-state index in [1.54, 1.807) is 24.3 Å². The van der Waals surface area contributed by atoms with Crippen molar-refractivity contribution in [2.45, 2.75) is 32.4 Å². The van der Waals surface area contributed by atoms with Crippen molar-refractivity contribution >= 4 is 23.4 Å². The molecular weight excluding hydrogens is 386 g/mol. The first-order valence-corrected chi connectivity index (χ1v) is 10.3. The molecule has 0 aliphatic heterocycles. The van der Waals surface area contributed by atoms with Crippen LogP contribution in [-0.2, 0) is 4.79 Å². The summed E-state index contributed by atoms with van der Waals surface area (Å²) in [6.07, 6.45) is 0.773. The first-order valence-electron chi connectivity index (χ1n) is 9.89. The molecule has 2 amide bonds. The molecule has 0 heterocycles. The molecule has 0 bridgehead atoms. The topological polar surface area (TPSA) is 61.4 Å². The number of hydrogen-bond acceptors (Lipinski definition) is 3. The van der Waals surface area contributed by atoms with Crippen LogP contribution in [0.15, 0.2) is 54.6 Å². The van der Waals surface area contributed by atoms with E-state index in [4.69, 9.17) is 11.6 Å². The van der Waals surface area contributed by atoms with E-state index in [2.05, 4.69) is 10.6 Å². The van der Waals surface area contributed by atoms with Gasteiger partial charge in [-0.05, 0) is 43.8 Å². The van der Waals surface area contributed by atoms with Crippen molar-refractivity contribution in [2.75, 3.05) is 20.6 Å². The Bertz CT molecular complexity index is 811. The van der Waals surface area contributed by atoms with Gasteiger partial charge in [0.05, 0.1) is 6.04 Å². The number of nitrogens with zero attached hydrogens (tertiary/aromatic N) is 1. The number of carbonyl (C=O) groups excluding carboxylic acids is 2. The highest BCUT2D eigenvalue weighted by molar-refractivity contribution is 6.31. The fourth-order valence-electron chi connectivity index (χ4n) is 3.14. The molecule has 0 saturated carbocycles. The van der Waals surface area contributed by atoms with E-state index < -0.39 is 6.04 Å². The lowest BCUT2D eigenvalue weighted by Crippen LogP contribution is -2.51. The van der Waals surface area contributed by atoms with Crippen molar-refractivity contribution in [3.8, 4) is 0 Å². The number of halogens is 1. The molecule has 0 aliphatic carbocycles. The van der Waals surface area contributed by atoms with Crippen LogP contribution < -0.4 is 10.6 Å². The van der Waals surface area contributed by atoms with Crippen LogP contribution in [0.4, 0.5) is 0 Å². The normalized spacial score (nSPS) is 14.1. The van der Waals surface area contributed by atoms with Crippen LogP contribution in [0, 0.1) is 5.92 Å². The van der Waals surface area contributed by atoms with Crippen molar-refractivity contribution in [3.63, 3.8) is 0 Å². The summed E-state index contributed by atoms with van der Waals surface area (Å²) in [6, 6.07) is 15.9. The highest BCUT2D eigenvalue weighted by atomic mass is 35.5. The molecule has 0 aliphatic rings. The maximum absolute atomic E-state index is 13.0. The second kappa shape index (κ2) is 11.0. The summed E-state index contributed by atoms with van der Waals surface area (Å²) in [6.45, 7) is 4.36. The van der Waals surface area contributed by atoms with Gasteiger partial charge >= 0.3 is 0 Å². The van der Waals surface area contributed by atoms with Gasteiger partial charge in [0, 0.05) is 17.1 Å². The number of benzene rings is 2. The van der Waals surface area contributed by atoms with Gasteiger partial charge in [0.15, 0.2) is 0 Å². The first kappa shape index (κ1) is 22.9. The SMILES string of the molecule is CCC(C)C(NC(=O)c1ccccc1)C(=O)NCC(c1ccccc1Cl)N(C)C. The molecule has 5 nitrogen and oxygen atoms in total. The van der Waals surface area contributed by atoms with Gasteiger partial charge in [0.25, 0.3) is 5.91 Å². The van der Waals surface area contributed by atoms with E-state index in [-0.39, 0.29) is 23.8 Å². The van der Waals surface area contributed by atoms with Gasteiger partial charge < -0.3 is 15.5 Å². The van der Waals surface area contributed by atoms with Crippen molar-refractivity contribution in [1.29, 1.82) is 0 Å². The predicted octanol–water partition coefficient (Wildman–Crippen LogP) is 3.90. The molecule has 2 N–H and O–H groups in total. The Morgan fingerprint density at radius 3 is 2.24 bits per heavy atom. The Kier molecular flexibility index (Phi) is 8.68. The zero-order valence-electron chi connectivity index (χ0n) is 17.5. The molecule has 3 unspecified atom stereocenters. The standard InChI is InChI=1S/C23H30ClN3O2/c1-5-16(2)21(26-22(28)17-11-7-6-8-12-17)23(29)25-15-20(27(3)4)18-13-9-10-14-19(18)24/h6-14,16,20-21H,5,15H2,1-4H3,(H,25,29)(H,26,28). The molecule has 29 heavy (non-hydrogen) atoms. The van der Waals surface area contributed by atoms with Crippen LogP contribution >= 0.6 is 11.6 Å². The Labute approximate surface area is 178 Å². The van der Waals surface area contributed by atoms with Crippen LogP contribution in [0.25, 0.3) is 0 Å².